The predicted molar refractivity (Wildman–Crippen MR) is 122 cm³/mol. The van der Waals surface area contributed by atoms with Crippen molar-refractivity contribution in [1.29, 1.82) is 0 Å². The molecule has 0 amide bonds. The summed E-state index contributed by atoms with van der Waals surface area (Å²) in [5.41, 5.74) is 3.84. The third kappa shape index (κ3) is 3.99. The number of phenolic OH excluding ortho intramolecular Hbond substituents is 1. The van der Waals surface area contributed by atoms with Crippen molar-refractivity contribution in [2.24, 2.45) is 0 Å². The number of phenols is 1. The molecule has 0 aliphatic heterocycles. The van der Waals surface area contributed by atoms with Gasteiger partial charge in [0.1, 0.15) is 11.3 Å². The first-order valence-corrected chi connectivity index (χ1v) is 10.1. The van der Waals surface area contributed by atoms with Gasteiger partial charge in [-0.3, -0.25) is 4.98 Å². The largest absolute Gasteiger partial charge is 0.505 e. The van der Waals surface area contributed by atoms with Crippen molar-refractivity contribution in [3.8, 4) is 5.75 Å². The summed E-state index contributed by atoms with van der Waals surface area (Å²) in [6.07, 6.45) is 1.66. The molecule has 0 saturated carbocycles. The molecule has 0 fully saturated rings. The number of aromatic hydroxyl groups is 1. The minimum atomic E-state index is -0.425. The zero-order valence-corrected chi connectivity index (χ0v) is 17.7. The van der Waals surface area contributed by atoms with Gasteiger partial charge in [0, 0.05) is 37.9 Å². The van der Waals surface area contributed by atoms with Gasteiger partial charge in [-0.2, -0.15) is 0 Å². The summed E-state index contributed by atoms with van der Waals surface area (Å²) in [4.78, 5) is 4.34. The normalized spacial score (nSPS) is 12.1. The smallest absolute Gasteiger partial charge is 0.147 e. The fourth-order valence-electron chi connectivity index (χ4n) is 3.38. The highest BCUT2D eigenvalue weighted by Gasteiger charge is 2.23. The van der Waals surface area contributed by atoms with Crippen LogP contribution in [0, 0.1) is 6.92 Å². The lowest BCUT2D eigenvalue weighted by atomic mass is 9.95. The Hall–Kier alpha value is -2.46. The Morgan fingerprint density at radius 1 is 0.897 bits per heavy atom. The fraction of sp³-hybridized carbons (Fsp3) is 0.0870. The molecule has 4 aromatic rings. The summed E-state index contributed by atoms with van der Waals surface area (Å²) in [7, 11) is 0. The van der Waals surface area contributed by atoms with E-state index in [9.17, 15) is 5.11 Å². The van der Waals surface area contributed by atoms with E-state index in [4.69, 9.17) is 34.8 Å². The van der Waals surface area contributed by atoms with E-state index in [2.05, 4.69) is 10.3 Å². The van der Waals surface area contributed by atoms with Crippen LogP contribution in [0.15, 0.2) is 66.9 Å². The van der Waals surface area contributed by atoms with Crippen molar-refractivity contribution < 1.29 is 5.11 Å². The van der Waals surface area contributed by atoms with Crippen LogP contribution in [0.1, 0.15) is 22.7 Å². The lowest BCUT2D eigenvalue weighted by Crippen LogP contribution is -2.14. The molecule has 0 spiro atoms. The van der Waals surface area contributed by atoms with Crippen LogP contribution in [-0.2, 0) is 0 Å². The molecule has 2 N–H and O–H groups in total. The summed E-state index contributed by atoms with van der Waals surface area (Å²) >= 11 is 18.7. The van der Waals surface area contributed by atoms with Crippen LogP contribution in [0.3, 0.4) is 0 Å². The predicted octanol–water partition coefficient (Wildman–Crippen LogP) is 7.41. The van der Waals surface area contributed by atoms with E-state index < -0.39 is 6.04 Å². The number of anilines is 1. The van der Waals surface area contributed by atoms with Gasteiger partial charge in [0.2, 0.25) is 0 Å². The van der Waals surface area contributed by atoms with Gasteiger partial charge in [-0.15, -0.1) is 0 Å². The number of fused-ring (bicyclic) bond motifs is 1. The van der Waals surface area contributed by atoms with Gasteiger partial charge in [-0.25, -0.2) is 0 Å². The molecule has 1 aromatic heterocycles. The van der Waals surface area contributed by atoms with E-state index in [1.54, 1.807) is 18.3 Å². The number of nitrogens with zero attached hydrogens (tertiary/aromatic N) is 1. The van der Waals surface area contributed by atoms with Crippen molar-refractivity contribution in [1.82, 2.24) is 4.98 Å². The van der Waals surface area contributed by atoms with E-state index in [1.807, 2.05) is 55.5 Å². The molecule has 0 bridgehead atoms. The molecule has 6 heteroatoms. The second kappa shape index (κ2) is 8.11. The maximum atomic E-state index is 11.0. The highest BCUT2D eigenvalue weighted by molar-refractivity contribution is 6.35. The molecule has 3 nitrogen and oxygen atoms in total. The molecule has 3 aromatic carbocycles. The third-order valence-corrected chi connectivity index (χ3v) is 5.65. The van der Waals surface area contributed by atoms with E-state index in [1.165, 1.54) is 0 Å². The average molecular weight is 444 g/mol. The zero-order chi connectivity index (χ0) is 20.5. The highest BCUT2D eigenvalue weighted by Crippen LogP contribution is 2.40. The van der Waals surface area contributed by atoms with E-state index >= 15 is 0 Å². The molecular formula is C23H17Cl3N2O. The van der Waals surface area contributed by atoms with Gasteiger partial charge in [-0.1, -0.05) is 59.1 Å². The average Bonchev–Trinajstić information content (AvgIpc) is 2.69. The van der Waals surface area contributed by atoms with Gasteiger partial charge in [0.15, 0.2) is 0 Å². The number of aryl methyl sites for hydroxylation is 1. The Labute approximate surface area is 183 Å². The molecule has 146 valence electrons. The van der Waals surface area contributed by atoms with Crippen LogP contribution in [0.2, 0.25) is 15.1 Å². The van der Waals surface area contributed by atoms with Crippen molar-refractivity contribution >= 4 is 51.4 Å². The second-order valence-electron chi connectivity index (χ2n) is 6.78. The highest BCUT2D eigenvalue weighted by atomic mass is 35.5. The van der Waals surface area contributed by atoms with Crippen molar-refractivity contribution in [3.05, 3.63) is 98.6 Å². The Balaban J connectivity index is 1.89. The van der Waals surface area contributed by atoms with Crippen LogP contribution in [0.25, 0.3) is 10.9 Å². The summed E-state index contributed by atoms with van der Waals surface area (Å²) in [5.74, 6) is 0.109. The zero-order valence-electron chi connectivity index (χ0n) is 15.5. The summed E-state index contributed by atoms with van der Waals surface area (Å²) in [5, 5.41) is 17.1. The third-order valence-electron chi connectivity index (χ3n) is 4.85. The van der Waals surface area contributed by atoms with Crippen molar-refractivity contribution in [3.63, 3.8) is 0 Å². The summed E-state index contributed by atoms with van der Waals surface area (Å²) < 4.78 is 0. The lowest BCUT2D eigenvalue weighted by molar-refractivity contribution is 0.472. The van der Waals surface area contributed by atoms with E-state index in [0.29, 0.717) is 26.1 Å². The fourth-order valence-corrected chi connectivity index (χ4v) is 4.13. The number of halogens is 3. The molecule has 1 atom stereocenters. The van der Waals surface area contributed by atoms with E-state index in [-0.39, 0.29) is 5.75 Å². The quantitative estimate of drug-likeness (QED) is 0.345. The Kier molecular flexibility index (Phi) is 5.55. The Bertz CT molecular complexity index is 1210. The maximum absolute atomic E-state index is 11.0. The number of aromatic nitrogens is 1. The number of rotatable bonds is 4. The van der Waals surface area contributed by atoms with Crippen LogP contribution in [0.4, 0.5) is 5.69 Å². The standard InChI is InChI=1S/C23H17Cl3N2O/c1-13-11-15(24)6-9-20(13)28-22(17-8-5-16(25)12-19(17)26)18-7-4-14-3-2-10-27-21(14)23(18)29/h2-12,22,28-29H,1H3. The summed E-state index contributed by atoms with van der Waals surface area (Å²) in [6.45, 7) is 1.97. The van der Waals surface area contributed by atoms with Crippen LogP contribution in [0.5, 0.6) is 5.75 Å². The van der Waals surface area contributed by atoms with Crippen LogP contribution >= 0.6 is 34.8 Å². The van der Waals surface area contributed by atoms with Gasteiger partial charge in [0.05, 0.1) is 6.04 Å². The summed E-state index contributed by atoms with van der Waals surface area (Å²) in [6, 6.07) is 18.1. The molecule has 1 heterocycles. The molecule has 0 radical (unpaired) electrons. The van der Waals surface area contributed by atoms with Gasteiger partial charge >= 0.3 is 0 Å². The molecule has 0 aliphatic carbocycles. The first kappa shape index (κ1) is 19.8. The van der Waals surface area contributed by atoms with Gasteiger partial charge < -0.3 is 10.4 Å². The van der Waals surface area contributed by atoms with Crippen LogP contribution < -0.4 is 5.32 Å². The number of pyridine rings is 1. The molecular weight excluding hydrogens is 427 g/mol. The maximum Gasteiger partial charge on any atom is 0.147 e. The van der Waals surface area contributed by atoms with Crippen molar-refractivity contribution in [2.45, 2.75) is 13.0 Å². The van der Waals surface area contributed by atoms with Gasteiger partial charge in [0.25, 0.3) is 0 Å². The molecule has 0 aliphatic rings. The number of benzene rings is 3. The Morgan fingerprint density at radius 2 is 1.62 bits per heavy atom. The first-order chi connectivity index (χ1) is 13.9. The number of hydrogen-bond acceptors (Lipinski definition) is 3. The minimum absolute atomic E-state index is 0.109. The topological polar surface area (TPSA) is 45.2 Å². The minimum Gasteiger partial charge on any atom is -0.505 e. The molecule has 0 saturated heterocycles. The van der Waals surface area contributed by atoms with Crippen LogP contribution in [-0.4, -0.2) is 10.1 Å². The second-order valence-corrected chi connectivity index (χ2v) is 8.06. The monoisotopic (exact) mass is 442 g/mol. The molecule has 4 rings (SSSR count). The SMILES string of the molecule is Cc1cc(Cl)ccc1NC(c1ccc(Cl)cc1Cl)c1ccc2cccnc2c1O. The molecule has 1 unspecified atom stereocenters. The number of nitrogens with one attached hydrogen (secondary N) is 1. The molecule has 29 heavy (non-hydrogen) atoms. The lowest BCUT2D eigenvalue weighted by Gasteiger charge is -2.24. The number of hydrogen-bond donors (Lipinski definition) is 2. The van der Waals surface area contributed by atoms with E-state index in [0.717, 1.165) is 22.2 Å². The first-order valence-electron chi connectivity index (χ1n) is 8.98. The van der Waals surface area contributed by atoms with Gasteiger partial charge in [-0.05, 0) is 54.4 Å². The Morgan fingerprint density at radius 3 is 2.38 bits per heavy atom. The van der Waals surface area contributed by atoms with Crippen molar-refractivity contribution in [2.75, 3.05) is 5.32 Å².